The summed E-state index contributed by atoms with van der Waals surface area (Å²) in [6, 6.07) is 4.57. The molecule has 0 fully saturated rings. The Balaban J connectivity index is 3.01. The van der Waals surface area contributed by atoms with E-state index in [9.17, 15) is 8.42 Å². The summed E-state index contributed by atoms with van der Waals surface area (Å²) in [5.74, 6) is 1.32. The average Bonchev–Trinajstić information content (AvgIpc) is 2.37. The number of sulfonamides is 1. The maximum Gasteiger partial charge on any atom is 0.240 e. The van der Waals surface area contributed by atoms with Gasteiger partial charge in [0.2, 0.25) is 10.0 Å². The van der Waals surface area contributed by atoms with E-state index in [1.54, 1.807) is 23.9 Å². The van der Waals surface area contributed by atoms with Crippen LogP contribution < -0.4 is 15.2 Å². The molecule has 7 heteroatoms. The average molecular weight is 304 g/mol. The third-order valence-corrected chi connectivity index (χ3v) is 4.98. The first-order valence-electron chi connectivity index (χ1n) is 5.82. The Kier molecular flexibility index (Phi) is 6.12. The van der Waals surface area contributed by atoms with E-state index in [1.165, 1.54) is 13.2 Å². The SMILES string of the molecule is COc1ccc(S(=O)(=O)NC(C)CSC)cc1CN. The van der Waals surface area contributed by atoms with Crippen LogP contribution in [-0.4, -0.2) is 33.6 Å². The van der Waals surface area contributed by atoms with Crippen LogP contribution in [0.1, 0.15) is 12.5 Å². The van der Waals surface area contributed by atoms with Crippen LogP contribution in [0.4, 0.5) is 0 Å². The van der Waals surface area contributed by atoms with Gasteiger partial charge in [0.25, 0.3) is 0 Å². The number of hydrogen-bond donors (Lipinski definition) is 2. The lowest BCUT2D eigenvalue weighted by atomic mass is 10.2. The smallest absolute Gasteiger partial charge is 0.240 e. The van der Waals surface area contributed by atoms with E-state index in [4.69, 9.17) is 10.5 Å². The van der Waals surface area contributed by atoms with Gasteiger partial charge >= 0.3 is 0 Å². The van der Waals surface area contributed by atoms with Crippen LogP contribution >= 0.6 is 11.8 Å². The summed E-state index contributed by atoms with van der Waals surface area (Å²) in [5, 5.41) is 0. The highest BCUT2D eigenvalue weighted by Gasteiger charge is 2.18. The summed E-state index contributed by atoms with van der Waals surface area (Å²) >= 11 is 1.59. The topological polar surface area (TPSA) is 81.4 Å². The third-order valence-electron chi connectivity index (χ3n) is 2.56. The minimum absolute atomic E-state index is 0.122. The largest absolute Gasteiger partial charge is 0.496 e. The molecule has 0 heterocycles. The predicted molar refractivity (Wildman–Crippen MR) is 79.1 cm³/mol. The van der Waals surface area contributed by atoms with Crippen molar-refractivity contribution in [3.63, 3.8) is 0 Å². The molecule has 5 nitrogen and oxygen atoms in total. The molecule has 3 N–H and O–H groups in total. The van der Waals surface area contributed by atoms with Crippen LogP contribution in [0.3, 0.4) is 0 Å². The summed E-state index contributed by atoms with van der Waals surface area (Å²) in [6.07, 6.45) is 1.94. The van der Waals surface area contributed by atoms with Gasteiger partial charge in [-0.15, -0.1) is 0 Å². The Morgan fingerprint density at radius 2 is 2.16 bits per heavy atom. The molecule has 0 spiro atoms. The molecular weight excluding hydrogens is 284 g/mol. The van der Waals surface area contributed by atoms with Crippen LogP contribution in [0.25, 0.3) is 0 Å². The summed E-state index contributed by atoms with van der Waals surface area (Å²) in [6.45, 7) is 2.06. The van der Waals surface area contributed by atoms with E-state index in [-0.39, 0.29) is 17.5 Å². The van der Waals surface area contributed by atoms with Crippen LogP contribution in [0, 0.1) is 0 Å². The summed E-state index contributed by atoms with van der Waals surface area (Å²) < 4.78 is 32.1. The van der Waals surface area contributed by atoms with Crippen LogP contribution in [0.15, 0.2) is 23.1 Å². The maximum absolute atomic E-state index is 12.2. The molecule has 19 heavy (non-hydrogen) atoms. The van der Waals surface area contributed by atoms with Crippen molar-refractivity contribution in [3.05, 3.63) is 23.8 Å². The van der Waals surface area contributed by atoms with Gasteiger partial charge in [0, 0.05) is 23.9 Å². The minimum atomic E-state index is -3.51. The first kappa shape index (κ1) is 16.3. The molecule has 0 aliphatic heterocycles. The van der Waals surface area contributed by atoms with E-state index in [2.05, 4.69) is 4.72 Å². The zero-order valence-electron chi connectivity index (χ0n) is 11.3. The first-order valence-corrected chi connectivity index (χ1v) is 8.70. The predicted octanol–water partition coefficient (Wildman–Crippen LogP) is 1.18. The number of nitrogens with one attached hydrogen (secondary N) is 1. The normalized spacial score (nSPS) is 13.3. The van der Waals surface area contributed by atoms with E-state index in [0.29, 0.717) is 11.3 Å². The van der Waals surface area contributed by atoms with Gasteiger partial charge in [0.05, 0.1) is 12.0 Å². The molecule has 0 aliphatic rings. The van der Waals surface area contributed by atoms with Crippen LogP contribution in [0.2, 0.25) is 0 Å². The van der Waals surface area contributed by atoms with Crippen molar-refractivity contribution in [1.82, 2.24) is 4.72 Å². The molecule has 1 atom stereocenters. The second kappa shape index (κ2) is 7.14. The van der Waals surface area contributed by atoms with Gasteiger partial charge in [-0.05, 0) is 31.4 Å². The summed E-state index contributed by atoms with van der Waals surface area (Å²) in [5.41, 5.74) is 6.26. The number of hydrogen-bond acceptors (Lipinski definition) is 5. The Labute approximate surface area is 119 Å². The fraction of sp³-hybridized carbons (Fsp3) is 0.500. The van der Waals surface area contributed by atoms with E-state index in [0.717, 1.165) is 5.75 Å². The molecule has 0 saturated carbocycles. The number of ether oxygens (including phenoxy) is 1. The lowest BCUT2D eigenvalue weighted by Gasteiger charge is -2.14. The summed E-state index contributed by atoms with van der Waals surface area (Å²) in [7, 11) is -1.98. The molecular formula is C12H20N2O3S2. The molecule has 1 unspecified atom stereocenters. The molecule has 0 aliphatic carbocycles. The summed E-state index contributed by atoms with van der Waals surface area (Å²) in [4.78, 5) is 0.210. The zero-order valence-corrected chi connectivity index (χ0v) is 13.0. The van der Waals surface area contributed by atoms with E-state index < -0.39 is 10.0 Å². The Hall–Kier alpha value is -0.760. The third kappa shape index (κ3) is 4.38. The number of thioether (sulfide) groups is 1. The fourth-order valence-corrected chi connectivity index (χ4v) is 3.68. The van der Waals surface area contributed by atoms with Gasteiger partial charge in [-0.1, -0.05) is 0 Å². The lowest BCUT2D eigenvalue weighted by Crippen LogP contribution is -2.34. The number of methoxy groups -OCH3 is 1. The van der Waals surface area contributed by atoms with Crippen LogP contribution in [-0.2, 0) is 16.6 Å². The van der Waals surface area contributed by atoms with Crippen molar-refractivity contribution in [2.45, 2.75) is 24.4 Å². The van der Waals surface area contributed by atoms with Gasteiger partial charge in [-0.3, -0.25) is 0 Å². The second-order valence-corrected chi connectivity index (χ2v) is 6.78. The van der Waals surface area contributed by atoms with Crippen molar-refractivity contribution in [2.24, 2.45) is 5.73 Å². The van der Waals surface area contributed by atoms with Gasteiger partial charge < -0.3 is 10.5 Å². The number of rotatable bonds is 7. The Morgan fingerprint density at radius 3 is 2.68 bits per heavy atom. The highest BCUT2D eigenvalue weighted by atomic mass is 32.2. The highest BCUT2D eigenvalue weighted by molar-refractivity contribution is 7.98. The van der Waals surface area contributed by atoms with Gasteiger partial charge in [-0.2, -0.15) is 11.8 Å². The van der Waals surface area contributed by atoms with Crippen molar-refractivity contribution in [1.29, 1.82) is 0 Å². The minimum Gasteiger partial charge on any atom is -0.496 e. The van der Waals surface area contributed by atoms with Crippen molar-refractivity contribution in [2.75, 3.05) is 19.1 Å². The van der Waals surface area contributed by atoms with Gasteiger partial charge in [0.15, 0.2) is 0 Å². The molecule has 0 aromatic heterocycles. The maximum atomic E-state index is 12.2. The van der Waals surface area contributed by atoms with Crippen molar-refractivity contribution in [3.8, 4) is 5.75 Å². The van der Waals surface area contributed by atoms with Gasteiger partial charge in [-0.25, -0.2) is 13.1 Å². The fourth-order valence-electron chi connectivity index (χ4n) is 1.70. The standard InChI is InChI=1S/C12H20N2O3S2/c1-9(8-18-3)14-19(15,16)11-4-5-12(17-2)10(6-11)7-13/h4-6,9,14H,7-8,13H2,1-3H3. The molecule has 1 rings (SSSR count). The highest BCUT2D eigenvalue weighted by Crippen LogP contribution is 2.22. The second-order valence-electron chi connectivity index (χ2n) is 4.16. The Bertz CT molecular complexity index is 518. The van der Waals surface area contributed by atoms with Gasteiger partial charge in [0.1, 0.15) is 5.75 Å². The number of nitrogens with two attached hydrogens (primary N) is 1. The zero-order chi connectivity index (χ0) is 14.5. The monoisotopic (exact) mass is 304 g/mol. The Morgan fingerprint density at radius 1 is 1.47 bits per heavy atom. The quantitative estimate of drug-likeness (QED) is 0.790. The van der Waals surface area contributed by atoms with Crippen molar-refractivity contribution < 1.29 is 13.2 Å². The molecule has 0 bridgehead atoms. The molecule has 1 aromatic rings. The molecule has 1 aromatic carbocycles. The van der Waals surface area contributed by atoms with E-state index >= 15 is 0 Å². The van der Waals surface area contributed by atoms with Crippen LogP contribution in [0.5, 0.6) is 5.75 Å². The molecule has 108 valence electrons. The molecule has 0 radical (unpaired) electrons. The lowest BCUT2D eigenvalue weighted by molar-refractivity contribution is 0.409. The number of benzene rings is 1. The van der Waals surface area contributed by atoms with E-state index in [1.807, 2.05) is 13.2 Å². The molecule has 0 amide bonds. The molecule has 0 saturated heterocycles. The first-order chi connectivity index (χ1) is 8.94. The van der Waals surface area contributed by atoms with Crippen molar-refractivity contribution >= 4 is 21.8 Å².